The van der Waals surface area contributed by atoms with Crippen LogP contribution in [0.3, 0.4) is 0 Å². The molecule has 11 heavy (non-hydrogen) atoms. The van der Waals surface area contributed by atoms with Crippen molar-refractivity contribution in [3.63, 3.8) is 0 Å². The highest BCUT2D eigenvalue weighted by molar-refractivity contribution is 5.86. The van der Waals surface area contributed by atoms with Gasteiger partial charge in [-0.15, -0.1) is 0 Å². The van der Waals surface area contributed by atoms with E-state index in [1.807, 2.05) is 20.0 Å². The summed E-state index contributed by atoms with van der Waals surface area (Å²) in [4.78, 5) is 4.04. The molecule has 0 amide bonds. The van der Waals surface area contributed by atoms with Crippen LogP contribution >= 0.6 is 0 Å². The van der Waals surface area contributed by atoms with Gasteiger partial charge in [-0.2, -0.15) is 0 Å². The van der Waals surface area contributed by atoms with Crippen LogP contribution in [0.5, 0.6) is 0 Å². The third kappa shape index (κ3) is 3.78. The number of hydrogen-bond acceptors (Lipinski definition) is 2. The molecule has 0 aliphatic heterocycles. The van der Waals surface area contributed by atoms with Gasteiger partial charge >= 0.3 is 0 Å². The summed E-state index contributed by atoms with van der Waals surface area (Å²) < 4.78 is 0. The zero-order valence-corrected chi connectivity index (χ0v) is 7.46. The van der Waals surface area contributed by atoms with Gasteiger partial charge < -0.3 is 11.1 Å². The molecule has 0 radical (unpaired) electrons. The molecule has 0 bridgehead atoms. The lowest BCUT2D eigenvalue weighted by molar-refractivity contribution is 0.673. The highest BCUT2D eigenvalue weighted by atomic mass is 15.0. The highest BCUT2D eigenvalue weighted by Gasteiger charge is 2.05. The Morgan fingerprint density at radius 1 is 1.73 bits per heavy atom. The van der Waals surface area contributed by atoms with Gasteiger partial charge in [-0.3, -0.25) is 0 Å². The third-order valence-corrected chi connectivity index (χ3v) is 1.49. The molecule has 0 aromatic rings. The number of amidine groups is 1. The number of nitrogens with one attached hydrogen (secondary N) is 1. The van der Waals surface area contributed by atoms with Crippen molar-refractivity contribution in [1.82, 2.24) is 5.32 Å². The molecule has 3 N–H and O–H groups in total. The molecule has 64 valence electrons. The summed E-state index contributed by atoms with van der Waals surface area (Å²) in [6.07, 6.45) is 4.52. The SMILES string of the molecule is C/C=C/N=C(N)C(CC)NC. The summed E-state index contributed by atoms with van der Waals surface area (Å²) in [5.41, 5.74) is 5.66. The fraction of sp³-hybridized carbons (Fsp3) is 0.625. The van der Waals surface area contributed by atoms with Crippen LogP contribution in [0.4, 0.5) is 0 Å². The molecule has 1 unspecified atom stereocenters. The van der Waals surface area contributed by atoms with Crippen LogP contribution in [-0.4, -0.2) is 18.9 Å². The molecular formula is C8H17N3. The van der Waals surface area contributed by atoms with Gasteiger partial charge in [-0.05, 0) is 20.4 Å². The second-order valence-electron chi connectivity index (χ2n) is 2.29. The Bertz CT molecular complexity index is 145. The molecule has 0 aromatic carbocycles. The molecule has 1 atom stereocenters. The third-order valence-electron chi connectivity index (χ3n) is 1.49. The Morgan fingerprint density at radius 2 is 2.36 bits per heavy atom. The van der Waals surface area contributed by atoms with Gasteiger partial charge in [-0.25, -0.2) is 4.99 Å². The van der Waals surface area contributed by atoms with E-state index in [1.165, 1.54) is 0 Å². The van der Waals surface area contributed by atoms with Crippen LogP contribution in [0.25, 0.3) is 0 Å². The van der Waals surface area contributed by atoms with E-state index >= 15 is 0 Å². The normalized spacial score (nSPS) is 15.7. The predicted octanol–water partition coefficient (Wildman–Crippen LogP) is 0.875. The minimum absolute atomic E-state index is 0.200. The monoisotopic (exact) mass is 155 g/mol. The quantitative estimate of drug-likeness (QED) is 0.467. The Kier molecular flexibility index (Phi) is 5.47. The van der Waals surface area contributed by atoms with Crippen LogP contribution < -0.4 is 11.1 Å². The first-order chi connectivity index (χ1) is 5.26. The smallest absolute Gasteiger partial charge is 0.116 e. The molecule has 0 heterocycles. The predicted molar refractivity (Wildman–Crippen MR) is 49.6 cm³/mol. The number of nitrogens with zero attached hydrogens (tertiary/aromatic N) is 1. The topological polar surface area (TPSA) is 50.4 Å². The van der Waals surface area contributed by atoms with Gasteiger partial charge in [0.05, 0.1) is 6.04 Å². The van der Waals surface area contributed by atoms with E-state index in [9.17, 15) is 0 Å². The first kappa shape index (κ1) is 10.2. The molecule has 0 aromatic heterocycles. The molecule has 0 rings (SSSR count). The van der Waals surface area contributed by atoms with Crippen molar-refractivity contribution in [3.8, 4) is 0 Å². The maximum absolute atomic E-state index is 5.66. The maximum Gasteiger partial charge on any atom is 0.116 e. The van der Waals surface area contributed by atoms with Crippen LogP contribution in [0.2, 0.25) is 0 Å². The second kappa shape index (κ2) is 5.92. The lowest BCUT2D eigenvalue weighted by atomic mass is 10.2. The summed E-state index contributed by atoms with van der Waals surface area (Å²) in [6.45, 7) is 3.98. The minimum Gasteiger partial charge on any atom is -0.386 e. The summed E-state index contributed by atoms with van der Waals surface area (Å²) in [6, 6.07) is 0.200. The fourth-order valence-electron chi connectivity index (χ4n) is 0.812. The number of rotatable bonds is 4. The Hall–Kier alpha value is -0.830. The van der Waals surface area contributed by atoms with Gasteiger partial charge in [0, 0.05) is 6.20 Å². The van der Waals surface area contributed by atoms with E-state index < -0.39 is 0 Å². The zero-order chi connectivity index (χ0) is 8.69. The number of likely N-dealkylation sites (N-methyl/N-ethyl adjacent to an activating group) is 1. The summed E-state index contributed by atoms with van der Waals surface area (Å²) in [5, 5.41) is 3.07. The van der Waals surface area contributed by atoms with Crippen molar-refractivity contribution in [2.45, 2.75) is 26.3 Å². The Morgan fingerprint density at radius 3 is 2.73 bits per heavy atom. The van der Waals surface area contributed by atoms with E-state index in [0.29, 0.717) is 5.84 Å². The largest absolute Gasteiger partial charge is 0.386 e. The number of allylic oxidation sites excluding steroid dienone is 1. The van der Waals surface area contributed by atoms with Crippen LogP contribution in [0.1, 0.15) is 20.3 Å². The first-order valence-electron chi connectivity index (χ1n) is 3.87. The summed E-state index contributed by atoms with van der Waals surface area (Å²) in [5.74, 6) is 0.646. The van der Waals surface area contributed by atoms with Crippen LogP contribution in [0.15, 0.2) is 17.3 Å². The van der Waals surface area contributed by atoms with E-state index in [2.05, 4.69) is 17.2 Å². The first-order valence-corrected chi connectivity index (χ1v) is 3.87. The second-order valence-corrected chi connectivity index (χ2v) is 2.29. The molecule has 0 saturated carbocycles. The van der Waals surface area contributed by atoms with Gasteiger partial charge in [-0.1, -0.05) is 13.0 Å². The van der Waals surface area contributed by atoms with Gasteiger partial charge in [0.1, 0.15) is 5.84 Å². The summed E-state index contributed by atoms with van der Waals surface area (Å²) >= 11 is 0. The van der Waals surface area contributed by atoms with Crippen molar-refractivity contribution in [3.05, 3.63) is 12.3 Å². The molecule has 3 heteroatoms. The zero-order valence-electron chi connectivity index (χ0n) is 7.46. The maximum atomic E-state index is 5.66. The van der Waals surface area contributed by atoms with Gasteiger partial charge in [0.2, 0.25) is 0 Å². The average molecular weight is 155 g/mol. The molecule has 0 saturated heterocycles. The van der Waals surface area contributed by atoms with E-state index in [1.54, 1.807) is 6.20 Å². The standard InChI is InChI=1S/C8H17N3/c1-4-6-11-8(9)7(5-2)10-3/h4,6-7,10H,5H2,1-3H3,(H2,9,11)/b6-4+. The highest BCUT2D eigenvalue weighted by Crippen LogP contribution is 1.90. The number of aliphatic imine (C=N–C) groups is 1. The van der Waals surface area contributed by atoms with Crippen molar-refractivity contribution >= 4 is 5.84 Å². The van der Waals surface area contributed by atoms with Crippen molar-refractivity contribution in [2.75, 3.05) is 7.05 Å². The van der Waals surface area contributed by atoms with Crippen molar-refractivity contribution in [2.24, 2.45) is 10.7 Å². The molecule has 0 aliphatic carbocycles. The van der Waals surface area contributed by atoms with E-state index in [-0.39, 0.29) is 6.04 Å². The number of hydrogen-bond donors (Lipinski definition) is 2. The Labute approximate surface area is 68.4 Å². The number of nitrogens with two attached hydrogens (primary N) is 1. The van der Waals surface area contributed by atoms with Crippen LogP contribution in [0, 0.1) is 0 Å². The van der Waals surface area contributed by atoms with E-state index in [0.717, 1.165) is 6.42 Å². The lowest BCUT2D eigenvalue weighted by Crippen LogP contribution is -2.38. The molecule has 3 nitrogen and oxygen atoms in total. The van der Waals surface area contributed by atoms with Crippen LogP contribution in [-0.2, 0) is 0 Å². The minimum atomic E-state index is 0.200. The average Bonchev–Trinajstić information content (AvgIpc) is 2.03. The molecule has 0 fully saturated rings. The van der Waals surface area contributed by atoms with Gasteiger partial charge in [0.15, 0.2) is 0 Å². The fourth-order valence-corrected chi connectivity index (χ4v) is 0.812. The molecule has 0 aliphatic rings. The molecule has 0 spiro atoms. The van der Waals surface area contributed by atoms with Crippen molar-refractivity contribution in [1.29, 1.82) is 0 Å². The molecular weight excluding hydrogens is 138 g/mol. The van der Waals surface area contributed by atoms with E-state index in [4.69, 9.17) is 5.73 Å². The van der Waals surface area contributed by atoms with Crippen molar-refractivity contribution < 1.29 is 0 Å². The lowest BCUT2D eigenvalue weighted by Gasteiger charge is -2.11. The Balaban J connectivity index is 4.06. The summed E-state index contributed by atoms with van der Waals surface area (Å²) in [7, 11) is 1.88. The van der Waals surface area contributed by atoms with Gasteiger partial charge in [0.25, 0.3) is 0 Å².